The minimum absolute atomic E-state index is 0.211. The highest BCUT2D eigenvalue weighted by molar-refractivity contribution is 7.90. The van der Waals surface area contributed by atoms with Crippen LogP contribution >= 0.6 is 12.2 Å². The highest BCUT2D eigenvalue weighted by Crippen LogP contribution is 2.11. The van der Waals surface area contributed by atoms with Gasteiger partial charge in [0.05, 0.1) is 16.7 Å². The average Bonchev–Trinajstić information content (AvgIpc) is 3.03. The van der Waals surface area contributed by atoms with Gasteiger partial charge in [0.1, 0.15) is 0 Å². The van der Waals surface area contributed by atoms with Crippen LogP contribution in [0.1, 0.15) is 25.3 Å². The van der Waals surface area contributed by atoms with E-state index in [2.05, 4.69) is 15.8 Å². The van der Waals surface area contributed by atoms with Gasteiger partial charge in [-0.2, -0.15) is 5.10 Å². The largest absolute Gasteiger partial charge is 0.376 e. The van der Waals surface area contributed by atoms with Gasteiger partial charge in [-0.3, -0.25) is 5.43 Å². The minimum Gasteiger partial charge on any atom is -0.376 e. The van der Waals surface area contributed by atoms with Crippen LogP contribution in [0.4, 0.5) is 0 Å². The zero-order valence-corrected chi connectivity index (χ0v) is 14.8. The summed E-state index contributed by atoms with van der Waals surface area (Å²) in [7, 11) is -3.18. The molecule has 2 N–H and O–H groups in total. The number of rotatable bonds is 5. The molecule has 0 radical (unpaired) electrons. The number of sulfone groups is 1. The molecular weight excluding hydrogens is 334 g/mol. The van der Waals surface area contributed by atoms with Crippen molar-refractivity contribution in [3.8, 4) is 0 Å². The third-order valence-electron chi connectivity index (χ3n) is 3.54. The van der Waals surface area contributed by atoms with E-state index in [0.29, 0.717) is 17.4 Å². The lowest BCUT2D eigenvalue weighted by molar-refractivity contribution is 0.114. The first-order chi connectivity index (χ1) is 10.9. The average molecular weight is 355 g/mol. The highest BCUT2D eigenvalue weighted by atomic mass is 32.2. The van der Waals surface area contributed by atoms with Crippen LogP contribution in [0.15, 0.2) is 34.3 Å². The van der Waals surface area contributed by atoms with Crippen molar-refractivity contribution < 1.29 is 13.2 Å². The summed E-state index contributed by atoms with van der Waals surface area (Å²) in [6.45, 7) is 3.31. The summed E-state index contributed by atoms with van der Waals surface area (Å²) in [6, 6.07) is 6.58. The normalized spacial score (nSPS) is 18.7. The molecule has 0 bridgehead atoms. The van der Waals surface area contributed by atoms with E-state index in [4.69, 9.17) is 17.0 Å². The number of benzene rings is 1. The second-order valence-electron chi connectivity index (χ2n) is 5.45. The molecule has 1 atom stereocenters. The van der Waals surface area contributed by atoms with Gasteiger partial charge in [-0.15, -0.1) is 0 Å². The van der Waals surface area contributed by atoms with Crippen molar-refractivity contribution in [3.63, 3.8) is 0 Å². The van der Waals surface area contributed by atoms with E-state index < -0.39 is 9.84 Å². The summed E-state index contributed by atoms with van der Waals surface area (Å²) in [5, 5.41) is 7.71. The first kappa shape index (κ1) is 17.8. The second-order valence-corrected chi connectivity index (χ2v) is 7.87. The molecule has 1 aromatic rings. The monoisotopic (exact) mass is 355 g/mol. The quantitative estimate of drug-likeness (QED) is 0.473. The summed E-state index contributed by atoms with van der Waals surface area (Å²) in [6.07, 6.45) is 3.53. The Hall–Kier alpha value is -1.51. The van der Waals surface area contributed by atoms with Crippen molar-refractivity contribution in [2.45, 2.75) is 30.8 Å². The summed E-state index contributed by atoms with van der Waals surface area (Å²) in [5.41, 5.74) is 4.32. The van der Waals surface area contributed by atoms with E-state index >= 15 is 0 Å². The van der Waals surface area contributed by atoms with Gasteiger partial charge in [0.2, 0.25) is 0 Å². The lowest BCUT2D eigenvalue weighted by atomic mass is 10.1. The van der Waals surface area contributed by atoms with E-state index in [1.165, 1.54) is 6.26 Å². The molecule has 1 aliphatic heterocycles. The molecule has 1 aliphatic rings. The Bertz CT molecular complexity index is 678. The number of nitrogens with one attached hydrogen (secondary N) is 2. The van der Waals surface area contributed by atoms with Gasteiger partial charge < -0.3 is 10.1 Å². The fourth-order valence-corrected chi connectivity index (χ4v) is 2.95. The lowest BCUT2D eigenvalue weighted by Crippen LogP contribution is -2.37. The van der Waals surface area contributed by atoms with Crippen LogP contribution in [0.25, 0.3) is 0 Å². The van der Waals surface area contributed by atoms with Crippen molar-refractivity contribution in [2.24, 2.45) is 5.10 Å². The van der Waals surface area contributed by atoms with Crippen LogP contribution in [0.5, 0.6) is 0 Å². The van der Waals surface area contributed by atoms with Crippen LogP contribution in [0, 0.1) is 0 Å². The predicted molar refractivity (Wildman–Crippen MR) is 94.5 cm³/mol. The first-order valence-corrected chi connectivity index (χ1v) is 9.66. The van der Waals surface area contributed by atoms with Crippen LogP contribution in [-0.4, -0.2) is 44.8 Å². The molecule has 0 aromatic heterocycles. The van der Waals surface area contributed by atoms with Crippen LogP contribution in [-0.2, 0) is 14.6 Å². The maximum Gasteiger partial charge on any atom is 0.187 e. The minimum atomic E-state index is -3.18. The standard InChI is InChI=1S/C15H21N3O3S2/c1-11(12-5-7-14(8-6-12)23(2,19)20)17-18-15(22)16-10-13-4-3-9-21-13/h5-8,13H,3-4,9-10H2,1-2H3,(H2,16,18,22)/b17-11-/t13-/m0/s1. The van der Waals surface area contributed by atoms with Gasteiger partial charge >= 0.3 is 0 Å². The number of hydrogen-bond donors (Lipinski definition) is 2. The van der Waals surface area contributed by atoms with Crippen molar-refractivity contribution in [1.82, 2.24) is 10.7 Å². The van der Waals surface area contributed by atoms with Gasteiger partial charge in [0, 0.05) is 19.4 Å². The van der Waals surface area contributed by atoms with Crippen molar-refractivity contribution in [2.75, 3.05) is 19.4 Å². The van der Waals surface area contributed by atoms with Crippen LogP contribution in [0.3, 0.4) is 0 Å². The number of hydrazone groups is 1. The molecule has 1 heterocycles. The van der Waals surface area contributed by atoms with E-state index in [-0.39, 0.29) is 11.0 Å². The van der Waals surface area contributed by atoms with E-state index in [9.17, 15) is 8.42 Å². The Balaban J connectivity index is 1.87. The maximum atomic E-state index is 11.4. The van der Waals surface area contributed by atoms with Gasteiger partial charge in [-0.25, -0.2) is 8.42 Å². The molecular formula is C15H21N3O3S2. The Morgan fingerprint density at radius 1 is 1.39 bits per heavy atom. The topological polar surface area (TPSA) is 79.8 Å². The van der Waals surface area contributed by atoms with Crippen LogP contribution < -0.4 is 10.7 Å². The Labute approximate surface area is 142 Å². The first-order valence-electron chi connectivity index (χ1n) is 7.36. The predicted octanol–water partition coefficient (Wildman–Crippen LogP) is 1.46. The SMILES string of the molecule is C/C(=N/NC(=S)NC[C@@H]1CCCO1)c1ccc(S(C)(=O)=O)cc1. The summed E-state index contributed by atoms with van der Waals surface area (Å²) in [4.78, 5) is 0.288. The number of nitrogens with zero attached hydrogens (tertiary/aromatic N) is 1. The Morgan fingerprint density at radius 2 is 2.09 bits per heavy atom. The molecule has 23 heavy (non-hydrogen) atoms. The smallest absolute Gasteiger partial charge is 0.187 e. The molecule has 0 amide bonds. The molecule has 1 fully saturated rings. The molecule has 1 saturated heterocycles. The number of hydrogen-bond acceptors (Lipinski definition) is 5. The molecule has 0 unspecified atom stereocenters. The van der Waals surface area contributed by atoms with Gasteiger partial charge in [-0.1, -0.05) is 12.1 Å². The maximum absolute atomic E-state index is 11.4. The zero-order chi connectivity index (χ0) is 16.9. The molecule has 2 rings (SSSR count). The third-order valence-corrected chi connectivity index (χ3v) is 4.90. The Morgan fingerprint density at radius 3 is 2.65 bits per heavy atom. The summed E-state index contributed by atoms with van der Waals surface area (Å²) >= 11 is 5.16. The number of thiocarbonyl (C=S) groups is 1. The lowest BCUT2D eigenvalue weighted by Gasteiger charge is -2.12. The third kappa shape index (κ3) is 5.56. The molecule has 0 aliphatic carbocycles. The van der Waals surface area contributed by atoms with E-state index in [1.54, 1.807) is 24.3 Å². The molecule has 1 aromatic carbocycles. The van der Waals surface area contributed by atoms with E-state index in [0.717, 1.165) is 25.0 Å². The zero-order valence-electron chi connectivity index (χ0n) is 13.2. The fraction of sp³-hybridized carbons (Fsp3) is 0.467. The molecule has 6 nitrogen and oxygen atoms in total. The molecule has 8 heteroatoms. The van der Waals surface area contributed by atoms with Crippen molar-refractivity contribution >= 4 is 32.9 Å². The van der Waals surface area contributed by atoms with Gasteiger partial charge in [-0.05, 0) is 49.7 Å². The molecule has 0 saturated carbocycles. The number of ether oxygens (including phenoxy) is 1. The second kappa shape index (κ2) is 7.85. The molecule has 126 valence electrons. The van der Waals surface area contributed by atoms with Gasteiger partial charge in [0.25, 0.3) is 0 Å². The highest BCUT2D eigenvalue weighted by Gasteiger charge is 2.15. The van der Waals surface area contributed by atoms with Crippen molar-refractivity contribution in [3.05, 3.63) is 29.8 Å². The van der Waals surface area contributed by atoms with Crippen molar-refractivity contribution in [1.29, 1.82) is 0 Å². The molecule has 0 spiro atoms. The fourth-order valence-electron chi connectivity index (χ4n) is 2.19. The summed E-state index contributed by atoms with van der Waals surface area (Å²) < 4.78 is 28.4. The van der Waals surface area contributed by atoms with E-state index in [1.807, 2.05) is 6.92 Å². The van der Waals surface area contributed by atoms with Crippen LogP contribution in [0.2, 0.25) is 0 Å². The van der Waals surface area contributed by atoms with Gasteiger partial charge in [0.15, 0.2) is 14.9 Å². The Kier molecular flexibility index (Phi) is 6.09. The summed E-state index contributed by atoms with van der Waals surface area (Å²) in [5.74, 6) is 0.